The van der Waals surface area contributed by atoms with Gasteiger partial charge < -0.3 is 48.2 Å². The minimum Gasteiger partial charge on any atom is -0.480 e. The number of hydrogen-bond acceptors (Lipinski definition) is 8. The zero-order valence-electron chi connectivity index (χ0n) is 23.0. The summed E-state index contributed by atoms with van der Waals surface area (Å²) in [6.07, 6.45) is 5.39. The van der Waals surface area contributed by atoms with Gasteiger partial charge in [-0.05, 0) is 31.0 Å². The van der Waals surface area contributed by atoms with E-state index in [9.17, 15) is 29.1 Å². The Kier molecular flexibility index (Phi) is 11.6. The fourth-order valence-electron chi connectivity index (χ4n) is 4.42. The van der Waals surface area contributed by atoms with E-state index in [4.69, 9.17) is 17.2 Å². The third-order valence-corrected chi connectivity index (χ3v) is 6.67. The molecule has 0 aliphatic heterocycles. The van der Waals surface area contributed by atoms with Crippen LogP contribution in [0.15, 0.2) is 43.0 Å². The molecule has 42 heavy (non-hydrogen) atoms. The van der Waals surface area contributed by atoms with Crippen molar-refractivity contribution in [1.82, 2.24) is 30.9 Å². The highest BCUT2D eigenvalue weighted by Gasteiger charge is 2.32. The largest absolute Gasteiger partial charge is 0.480 e. The van der Waals surface area contributed by atoms with Crippen LogP contribution in [0.4, 0.5) is 0 Å². The molecule has 4 amide bonds. The summed E-state index contributed by atoms with van der Waals surface area (Å²) < 4.78 is 0. The highest BCUT2D eigenvalue weighted by molar-refractivity contribution is 5.96. The number of aromatic nitrogens is 3. The minimum atomic E-state index is -1.42. The van der Waals surface area contributed by atoms with Crippen LogP contribution in [0.25, 0.3) is 10.9 Å². The molecule has 15 nitrogen and oxygen atoms in total. The highest BCUT2D eigenvalue weighted by atomic mass is 16.4. The molecule has 3 rings (SSSR count). The zero-order valence-corrected chi connectivity index (χ0v) is 23.0. The zero-order chi connectivity index (χ0) is 30.6. The van der Waals surface area contributed by atoms with E-state index in [0.717, 1.165) is 10.9 Å². The van der Waals surface area contributed by atoms with Crippen molar-refractivity contribution >= 4 is 40.5 Å². The number of nitrogens with two attached hydrogens (primary N) is 3. The van der Waals surface area contributed by atoms with E-state index in [2.05, 4.69) is 30.9 Å². The van der Waals surface area contributed by atoms with Gasteiger partial charge >= 0.3 is 5.97 Å². The maximum absolute atomic E-state index is 13.5. The summed E-state index contributed by atoms with van der Waals surface area (Å²) in [4.78, 5) is 73.0. The van der Waals surface area contributed by atoms with E-state index in [1.165, 1.54) is 12.5 Å². The molecule has 1 aromatic carbocycles. The Balaban J connectivity index is 1.82. The van der Waals surface area contributed by atoms with Crippen LogP contribution in [0.1, 0.15) is 36.9 Å². The van der Waals surface area contributed by atoms with E-state index in [1.54, 1.807) is 6.20 Å². The number of nitrogens with one attached hydrogen (secondary N) is 5. The van der Waals surface area contributed by atoms with Gasteiger partial charge in [0, 0.05) is 41.8 Å². The van der Waals surface area contributed by atoms with Crippen molar-refractivity contribution in [3.8, 4) is 0 Å². The second-order valence-electron chi connectivity index (χ2n) is 9.93. The predicted octanol–water partition coefficient (Wildman–Crippen LogP) is -1.45. The molecule has 3 aromatic rings. The van der Waals surface area contributed by atoms with E-state index in [1.807, 2.05) is 24.3 Å². The van der Waals surface area contributed by atoms with Gasteiger partial charge in [-0.3, -0.25) is 19.2 Å². The Hall–Kier alpha value is -4.76. The molecule has 0 aliphatic rings. The lowest BCUT2D eigenvalue weighted by molar-refractivity contribution is -0.142. The fraction of sp³-hybridized carbons (Fsp3) is 0.407. The first-order chi connectivity index (χ1) is 20.1. The minimum absolute atomic E-state index is 0.0339. The molecule has 2 heterocycles. The summed E-state index contributed by atoms with van der Waals surface area (Å²) >= 11 is 0. The van der Waals surface area contributed by atoms with Crippen LogP contribution in [0.3, 0.4) is 0 Å². The van der Waals surface area contributed by atoms with Gasteiger partial charge in [0.25, 0.3) is 0 Å². The lowest BCUT2D eigenvalue weighted by atomic mass is 10.0. The van der Waals surface area contributed by atoms with Gasteiger partial charge in [-0.2, -0.15) is 0 Å². The number of nitrogens with zero attached hydrogens (tertiary/aromatic N) is 1. The number of carbonyl (C=O) groups is 5. The third kappa shape index (κ3) is 9.14. The second-order valence-corrected chi connectivity index (χ2v) is 9.93. The van der Waals surface area contributed by atoms with Crippen molar-refractivity contribution in [2.75, 3.05) is 6.54 Å². The number of amides is 4. The number of primary amides is 1. The summed E-state index contributed by atoms with van der Waals surface area (Å²) in [5.74, 6) is -4.48. The number of benzene rings is 1. The first kappa shape index (κ1) is 31.8. The monoisotopic (exact) mass is 583 g/mol. The van der Waals surface area contributed by atoms with Crippen LogP contribution in [0.2, 0.25) is 0 Å². The molecule has 4 unspecified atom stereocenters. The Labute approximate surface area is 241 Å². The van der Waals surface area contributed by atoms with E-state index >= 15 is 0 Å². The van der Waals surface area contributed by atoms with E-state index in [0.29, 0.717) is 37.1 Å². The lowest BCUT2D eigenvalue weighted by Crippen LogP contribution is -2.58. The molecule has 12 N–H and O–H groups in total. The van der Waals surface area contributed by atoms with Gasteiger partial charge in [0.2, 0.25) is 23.6 Å². The van der Waals surface area contributed by atoms with E-state index < -0.39 is 60.2 Å². The van der Waals surface area contributed by atoms with Gasteiger partial charge in [0.1, 0.15) is 18.1 Å². The average Bonchev–Trinajstić information content (AvgIpc) is 3.61. The van der Waals surface area contributed by atoms with Crippen molar-refractivity contribution in [2.45, 2.75) is 62.7 Å². The van der Waals surface area contributed by atoms with Crippen LogP contribution in [-0.4, -0.2) is 80.4 Å². The van der Waals surface area contributed by atoms with Crippen LogP contribution in [0, 0.1) is 0 Å². The number of aromatic amines is 2. The molecule has 226 valence electrons. The van der Waals surface area contributed by atoms with Crippen molar-refractivity contribution in [3.05, 3.63) is 54.2 Å². The van der Waals surface area contributed by atoms with Crippen LogP contribution < -0.4 is 33.2 Å². The number of carboxylic acids is 1. The highest BCUT2D eigenvalue weighted by Crippen LogP contribution is 2.19. The molecule has 15 heteroatoms. The number of unbranched alkanes of at least 4 members (excludes halogenated alkanes) is 1. The second kappa shape index (κ2) is 15.3. The molecule has 0 saturated heterocycles. The van der Waals surface area contributed by atoms with Crippen LogP contribution in [-0.2, 0) is 36.8 Å². The number of rotatable bonds is 17. The number of para-hydroxylation sites is 1. The quantitative estimate of drug-likeness (QED) is 0.0840. The first-order valence-corrected chi connectivity index (χ1v) is 13.5. The molecule has 2 aromatic heterocycles. The van der Waals surface area contributed by atoms with Crippen LogP contribution in [0.5, 0.6) is 0 Å². The topological polar surface area (TPSA) is 264 Å². The van der Waals surface area contributed by atoms with Gasteiger partial charge in [-0.25, -0.2) is 9.78 Å². The smallest absolute Gasteiger partial charge is 0.326 e. The molecule has 0 fully saturated rings. The fourth-order valence-corrected chi connectivity index (χ4v) is 4.42. The average molecular weight is 584 g/mol. The van der Waals surface area contributed by atoms with Gasteiger partial charge in [-0.1, -0.05) is 24.6 Å². The number of carboxylic acid groups (broad SMARTS) is 1. The number of fused-ring (bicyclic) bond motifs is 1. The molecule has 0 saturated carbocycles. The Morgan fingerprint density at radius 2 is 1.60 bits per heavy atom. The summed E-state index contributed by atoms with van der Waals surface area (Å²) in [7, 11) is 0. The van der Waals surface area contributed by atoms with Crippen molar-refractivity contribution in [2.24, 2.45) is 17.2 Å². The molecule has 0 bridgehead atoms. The molecule has 0 spiro atoms. The Bertz CT molecular complexity index is 1370. The number of aliphatic carboxylic acids is 1. The first-order valence-electron chi connectivity index (χ1n) is 13.5. The molecule has 0 radical (unpaired) electrons. The summed E-state index contributed by atoms with van der Waals surface area (Å²) in [5.41, 5.74) is 18.7. The number of carbonyl (C=O) groups excluding carboxylic acids is 4. The van der Waals surface area contributed by atoms with Crippen molar-refractivity contribution in [3.63, 3.8) is 0 Å². The Morgan fingerprint density at radius 3 is 2.26 bits per heavy atom. The predicted molar refractivity (Wildman–Crippen MR) is 152 cm³/mol. The normalized spacial score (nSPS) is 14.0. The summed E-state index contributed by atoms with van der Waals surface area (Å²) in [5, 5.41) is 18.0. The summed E-state index contributed by atoms with van der Waals surface area (Å²) in [6.45, 7) is 0.436. The van der Waals surface area contributed by atoms with Crippen LogP contribution >= 0.6 is 0 Å². The number of hydrogen-bond donors (Lipinski definition) is 9. The molecule has 4 atom stereocenters. The lowest BCUT2D eigenvalue weighted by Gasteiger charge is -2.25. The standard InChI is InChI=1S/C27H37N9O6/c28-8-4-3-6-18(29)24(38)34-21(11-23(30)37)26(40)35-20(9-15-12-32-19-7-2-1-5-17(15)19)25(39)36-22(27(41)42)10-16-13-31-14-33-16/h1-2,5,7,12-14,18,20-22,32H,3-4,6,8-11,28-29H2,(H2,30,37)(H,31,33)(H,34,38)(H,35,40)(H,36,39)(H,41,42). The SMILES string of the molecule is NCCCCC(N)C(=O)NC(CC(N)=O)C(=O)NC(Cc1c[nH]c2ccccc12)C(=O)NC(Cc1cnc[nH]1)C(=O)O. The van der Waals surface area contributed by atoms with Gasteiger partial charge in [0.15, 0.2) is 0 Å². The maximum atomic E-state index is 13.5. The van der Waals surface area contributed by atoms with Gasteiger partial charge in [0.05, 0.1) is 18.8 Å². The van der Waals surface area contributed by atoms with Crippen molar-refractivity contribution < 1.29 is 29.1 Å². The number of H-pyrrole nitrogens is 2. The number of imidazole rings is 1. The van der Waals surface area contributed by atoms with E-state index in [-0.39, 0.29) is 12.8 Å². The third-order valence-electron chi connectivity index (χ3n) is 6.67. The van der Waals surface area contributed by atoms with Gasteiger partial charge in [-0.15, -0.1) is 0 Å². The summed E-state index contributed by atoms with van der Waals surface area (Å²) in [6, 6.07) is 2.31. The maximum Gasteiger partial charge on any atom is 0.326 e. The molecular formula is C27H37N9O6. The Morgan fingerprint density at radius 1 is 0.905 bits per heavy atom. The van der Waals surface area contributed by atoms with Crippen molar-refractivity contribution in [1.29, 1.82) is 0 Å². The molecule has 0 aliphatic carbocycles. The molecular weight excluding hydrogens is 546 g/mol.